The number of benzene rings is 1. The summed E-state index contributed by atoms with van der Waals surface area (Å²) in [5, 5.41) is 13.7. The average Bonchev–Trinajstić information content (AvgIpc) is 2.68. The van der Waals surface area contributed by atoms with Crippen LogP contribution in [0.3, 0.4) is 0 Å². The van der Waals surface area contributed by atoms with Gasteiger partial charge < -0.3 is 19.6 Å². The molecule has 2 heterocycles. The number of carbonyl (C=O) groups is 3. The van der Waals surface area contributed by atoms with E-state index in [1.165, 1.54) is 0 Å². The molecule has 4 N–H and O–H groups in total. The Bertz CT molecular complexity index is 845. The highest BCUT2D eigenvalue weighted by Gasteiger charge is 2.47. The molecule has 0 aliphatic carbocycles. The maximum absolute atomic E-state index is 13.0. The summed E-state index contributed by atoms with van der Waals surface area (Å²) < 4.78 is 16.8. The number of nitrogens with zero attached hydrogens (tertiary/aromatic N) is 2. The van der Waals surface area contributed by atoms with Gasteiger partial charge in [-0.3, -0.25) is 19.5 Å². The van der Waals surface area contributed by atoms with Crippen LogP contribution in [-0.2, 0) is 25.3 Å². The molecule has 0 saturated carbocycles. The summed E-state index contributed by atoms with van der Waals surface area (Å²) >= 11 is 0. The second kappa shape index (κ2) is 9.13. The summed E-state index contributed by atoms with van der Waals surface area (Å²) in [6, 6.07) is 7.91. The number of hydrazine groups is 1. The van der Waals surface area contributed by atoms with Gasteiger partial charge in [0, 0.05) is 13.0 Å². The van der Waals surface area contributed by atoms with E-state index >= 15 is 0 Å². The van der Waals surface area contributed by atoms with E-state index in [4.69, 9.17) is 9.84 Å². The number of carboxylic acid groups (broad SMARTS) is 1. The lowest BCUT2D eigenvalue weighted by atomic mass is 10.1. The minimum Gasteiger partial charge on any atom is -0.450 e. The average molecular weight is 441 g/mol. The number of ether oxygens (including phenoxy) is 1. The highest BCUT2D eigenvalue weighted by Crippen LogP contribution is 2.42. The molecule has 0 spiro atoms. The molecule has 0 bridgehead atoms. The third-order valence-corrected chi connectivity index (χ3v) is 6.35. The van der Waals surface area contributed by atoms with Gasteiger partial charge in [-0.25, -0.2) is 14.8 Å². The largest absolute Gasteiger partial charge is 0.507 e. The predicted molar refractivity (Wildman–Crippen MR) is 103 cm³/mol. The molecule has 3 atom stereocenters. The topological polar surface area (TPSA) is 157 Å². The molecule has 11 nitrogen and oxygen atoms in total. The number of hydrogen-bond donors (Lipinski definition) is 4. The van der Waals surface area contributed by atoms with E-state index in [2.05, 4.69) is 5.32 Å². The van der Waals surface area contributed by atoms with Gasteiger partial charge in [-0.05, 0) is 24.8 Å². The van der Waals surface area contributed by atoms with E-state index in [1.807, 2.05) is 30.3 Å². The Morgan fingerprint density at radius 1 is 1.27 bits per heavy atom. The first-order valence-electron chi connectivity index (χ1n) is 9.55. The van der Waals surface area contributed by atoms with Crippen molar-refractivity contribution >= 4 is 25.6 Å². The summed E-state index contributed by atoms with van der Waals surface area (Å²) in [7, 11) is -4.63. The fraction of sp³-hybridized carbons (Fsp3) is 0.500. The minimum absolute atomic E-state index is 0.0467. The van der Waals surface area contributed by atoms with Crippen LogP contribution in [0.15, 0.2) is 30.3 Å². The quantitative estimate of drug-likeness (QED) is 0.356. The van der Waals surface area contributed by atoms with Gasteiger partial charge in [0.15, 0.2) is 6.23 Å². The molecule has 30 heavy (non-hydrogen) atoms. The van der Waals surface area contributed by atoms with Crippen molar-refractivity contribution in [3.05, 3.63) is 35.9 Å². The molecule has 2 saturated heterocycles. The molecular weight excluding hydrogens is 417 g/mol. The Morgan fingerprint density at radius 3 is 2.60 bits per heavy atom. The Balaban J connectivity index is 1.75. The molecule has 1 aromatic carbocycles. The van der Waals surface area contributed by atoms with Crippen molar-refractivity contribution in [3.8, 4) is 0 Å². The second-order valence-corrected chi connectivity index (χ2v) is 9.03. The zero-order valence-electron chi connectivity index (χ0n) is 16.1. The number of carbonyl (C=O) groups excluding carboxylic acids is 2. The molecule has 0 aromatic heterocycles. The molecule has 2 aliphatic rings. The van der Waals surface area contributed by atoms with E-state index in [-0.39, 0.29) is 25.8 Å². The predicted octanol–water partition coefficient (Wildman–Crippen LogP) is 0.872. The molecule has 12 heteroatoms. The maximum atomic E-state index is 13.0. The van der Waals surface area contributed by atoms with Gasteiger partial charge in [-0.15, -0.1) is 0 Å². The fourth-order valence-electron chi connectivity index (χ4n) is 3.72. The van der Waals surface area contributed by atoms with Crippen molar-refractivity contribution in [2.75, 3.05) is 6.54 Å². The third kappa shape index (κ3) is 5.17. The van der Waals surface area contributed by atoms with E-state index in [0.29, 0.717) is 12.8 Å². The van der Waals surface area contributed by atoms with Crippen molar-refractivity contribution in [2.45, 2.75) is 50.2 Å². The Labute approximate surface area is 172 Å². The lowest BCUT2D eigenvalue weighted by Gasteiger charge is -2.47. The zero-order valence-corrected chi connectivity index (χ0v) is 17.0. The van der Waals surface area contributed by atoms with Crippen LogP contribution in [-0.4, -0.2) is 67.5 Å². The van der Waals surface area contributed by atoms with E-state index < -0.39 is 43.6 Å². The van der Waals surface area contributed by atoms with Gasteiger partial charge in [-0.2, -0.15) is 0 Å². The van der Waals surface area contributed by atoms with Crippen LogP contribution < -0.4 is 5.32 Å². The Hall–Kier alpha value is -2.46. The highest BCUT2D eigenvalue weighted by molar-refractivity contribution is 7.52. The lowest BCUT2D eigenvalue weighted by Crippen LogP contribution is -2.67. The molecule has 3 rings (SSSR count). The van der Waals surface area contributed by atoms with Gasteiger partial charge in [0.2, 0.25) is 5.91 Å². The first kappa shape index (κ1) is 22.2. The summed E-state index contributed by atoms with van der Waals surface area (Å²) in [6.07, 6.45) is -1.91. The number of nitrogens with one attached hydrogen (secondary N) is 1. The normalized spacial score (nSPS) is 23.1. The zero-order chi connectivity index (χ0) is 21.9. The molecule has 2 aliphatic heterocycles. The molecule has 0 radical (unpaired) electrons. The SMILES string of the molecule is O=C(O)OC1CCCN2C(=O)CC(NC(CCc3ccccc3)P(=O)(O)O)C(=O)N12. The molecule has 2 fully saturated rings. The highest BCUT2D eigenvalue weighted by atomic mass is 31.2. The minimum atomic E-state index is -4.63. The number of amides is 2. The van der Waals surface area contributed by atoms with Crippen molar-refractivity contribution in [2.24, 2.45) is 0 Å². The third-order valence-electron chi connectivity index (χ3n) is 5.13. The van der Waals surface area contributed by atoms with E-state index in [9.17, 15) is 28.7 Å². The molecular formula is C18H24N3O8P. The summed E-state index contributed by atoms with van der Waals surface area (Å²) in [6.45, 7) is 0.243. The summed E-state index contributed by atoms with van der Waals surface area (Å²) in [5.74, 6) is -2.44. The van der Waals surface area contributed by atoms with Crippen molar-refractivity contribution in [1.29, 1.82) is 0 Å². The van der Waals surface area contributed by atoms with Crippen LogP contribution in [0.25, 0.3) is 0 Å². The van der Waals surface area contributed by atoms with Crippen LogP contribution in [0.1, 0.15) is 31.2 Å². The second-order valence-electron chi connectivity index (χ2n) is 7.23. The molecule has 1 aromatic rings. The van der Waals surface area contributed by atoms with Crippen LogP contribution in [0.4, 0.5) is 4.79 Å². The standard InChI is InChI=1S/C18H24N3O8P/c22-15-11-13(17(23)21-16(29-18(24)25)7-4-10-20(15)21)19-14(30(26,27)28)9-8-12-5-2-1-3-6-12/h1-3,5-6,13-14,16,19H,4,7-11H2,(H,24,25)(H2,26,27,28). The molecule has 3 unspecified atom stereocenters. The van der Waals surface area contributed by atoms with Crippen molar-refractivity contribution in [1.82, 2.24) is 15.3 Å². The van der Waals surface area contributed by atoms with Gasteiger partial charge in [0.25, 0.3) is 5.91 Å². The van der Waals surface area contributed by atoms with Gasteiger partial charge >= 0.3 is 13.8 Å². The number of aryl methyl sites for hydroxylation is 1. The van der Waals surface area contributed by atoms with Gasteiger partial charge in [0.05, 0.1) is 12.5 Å². The number of fused-ring (bicyclic) bond motifs is 1. The smallest absolute Gasteiger partial charge is 0.450 e. The first-order valence-corrected chi connectivity index (χ1v) is 11.2. The van der Waals surface area contributed by atoms with Crippen molar-refractivity contribution < 1.29 is 38.6 Å². The monoisotopic (exact) mass is 441 g/mol. The summed E-state index contributed by atoms with van der Waals surface area (Å²) in [4.78, 5) is 56.0. The number of hydrogen-bond acceptors (Lipinski definition) is 6. The van der Waals surface area contributed by atoms with E-state index in [0.717, 1.165) is 15.6 Å². The van der Waals surface area contributed by atoms with Gasteiger partial charge in [-0.1, -0.05) is 30.3 Å². The van der Waals surface area contributed by atoms with Crippen LogP contribution >= 0.6 is 7.60 Å². The van der Waals surface area contributed by atoms with Crippen LogP contribution in [0, 0.1) is 0 Å². The lowest BCUT2D eigenvalue weighted by molar-refractivity contribution is -0.207. The fourth-order valence-corrected chi connectivity index (χ4v) is 4.56. The maximum Gasteiger partial charge on any atom is 0.507 e. The number of rotatable bonds is 7. The van der Waals surface area contributed by atoms with Crippen molar-refractivity contribution in [3.63, 3.8) is 0 Å². The Morgan fingerprint density at radius 2 is 1.97 bits per heavy atom. The first-order chi connectivity index (χ1) is 14.2. The van der Waals surface area contributed by atoms with Crippen LogP contribution in [0.2, 0.25) is 0 Å². The molecule has 164 valence electrons. The summed E-state index contributed by atoms with van der Waals surface area (Å²) in [5.41, 5.74) is 0.876. The van der Waals surface area contributed by atoms with Gasteiger partial charge in [0.1, 0.15) is 5.78 Å². The van der Waals surface area contributed by atoms with Crippen LogP contribution in [0.5, 0.6) is 0 Å². The Kier molecular flexibility index (Phi) is 6.77. The molecule has 2 amide bonds. The van der Waals surface area contributed by atoms with E-state index in [1.54, 1.807) is 0 Å².